The highest BCUT2D eigenvalue weighted by Crippen LogP contribution is 2.10. The second-order valence-corrected chi connectivity index (χ2v) is 5.83. The van der Waals surface area contributed by atoms with Crippen LogP contribution in [-0.2, 0) is 10.0 Å². The molecule has 6 heteroatoms. The minimum atomic E-state index is -3.25. The van der Waals surface area contributed by atoms with Gasteiger partial charge in [-0.05, 0) is 18.1 Å². The van der Waals surface area contributed by atoms with Crippen LogP contribution in [0.1, 0.15) is 13.8 Å². The Balaban J connectivity index is 2.61. The number of nitrogens with zero attached hydrogens (tertiary/aromatic N) is 1. The van der Waals surface area contributed by atoms with Crippen LogP contribution in [-0.4, -0.2) is 26.2 Å². The molecule has 0 unspecified atom stereocenters. The van der Waals surface area contributed by atoms with E-state index in [2.05, 4.69) is 28.9 Å². The van der Waals surface area contributed by atoms with Crippen molar-refractivity contribution in [2.24, 2.45) is 5.92 Å². The first-order chi connectivity index (χ1) is 7.37. The van der Waals surface area contributed by atoms with E-state index in [1.165, 1.54) is 0 Å². The summed E-state index contributed by atoms with van der Waals surface area (Å²) in [7, 11) is -3.25. The maximum Gasteiger partial charge on any atom is 0.230 e. The molecule has 0 saturated heterocycles. The van der Waals surface area contributed by atoms with E-state index in [1.807, 2.05) is 0 Å². The van der Waals surface area contributed by atoms with Gasteiger partial charge in [0.2, 0.25) is 10.0 Å². The van der Waals surface area contributed by atoms with E-state index in [9.17, 15) is 8.42 Å². The molecule has 5 nitrogen and oxygen atoms in total. The van der Waals surface area contributed by atoms with E-state index in [-0.39, 0.29) is 0 Å². The van der Waals surface area contributed by atoms with Gasteiger partial charge in [-0.3, -0.25) is 4.72 Å². The Kier molecular flexibility index (Phi) is 4.12. The zero-order valence-corrected chi connectivity index (χ0v) is 10.5. The van der Waals surface area contributed by atoms with Crippen molar-refractivity contribution in [3.05, 3.63) is 18.3 Å². The van der Waals surface area contributed by atoms with Crippen LogP contribution < -0.4 is 10.0 Å². The van der Waals surface area contributed by atoms with Crippen LogP contribution in [0.2, 0.25) is 0 Å². The Morgan fingerprint density at radius 2 is 2.06 bits per heavy atom. The lowest BCUT2D eigenvalue weighted by Gasteiger charge is -2.09. The van der Waals surface area contributed by atoms with E-state index in [0.717, 1.165) is 18.5 Å². The molecule has 0 amide bonds. The fourth-order valence-corrected chi connectivity index (χ4v) is 1.57. The van der Waals surface area contributed by atoms with Gasteiger partial charge in [-0.25, -0.2) is 13.4 Å². The quantitative estimate of drug-likeness (QED) is 0.822. The monoisotopic (exact) mass is 243 g/mol. The van der Waals surface area contributed by atoms with Crippen molar-refractivity contribution in [3.8, 4) is 0 Å². The molecule has 90 valence electrons. The van der Waals surface area contributed by atoms with Crippen LogP contribution in [0.4, 0.5) is 11.5 Å². The average molecular weight is 243 g/mol. The molecule has 0 aliphatic carbocycles. The second-order valence-electron chi connectivity index (χ2n) is 4.08. The van der Waals surface area contributed by atoms with Gasteiger partial charge in [-0.1, -0.05) is 13.8 Å². The predicted molar refractivity (Wildman–Crippen MR) is 66.0 cm³/mol. The van der Waals surface area contributed by atoms with Gasteiger partial charge in [0.05, 0.1) is 18.1 Å². The Morgan fingerprint density at radius 3 is 2.50 bits per heavy atom. The van der Waals surface area contributed by atoms with Gasteiger partial charge in [-0.15, -0.1) is 0 Å². The Morgan fingerprint density at radius 1 is 1.38 bits per heavy atom. The summed E-state index contributed by atoms with van der Waals surface area (Å²) in [6, 6.07) is 3.42. The number of aromatic nitrogens is 1. The summed E-state index contributed by atoms with van der Waals surface area (Å²) in [5, 5.41) is 3.19. The summed E-state index contributed by atoms with van der Waals surface area (Å²) >= 11 is 0. The van der Waals surface area contributed by atoms with Gasteiger partial charge in [0.1, 0.15) is 5.82 Å². The van der Waals surface area contributed by atoms with Crippen molar-refractivity contribution in [3.63, 3.8) is 0 Å². The Bertz CT molecular complexity index is 426. The smallest absolute Gasteiger partial charge is 0.230 e. The molecular weight excluding hydrogens is 226 g/mol. The highest BCUT2D eigenvalue weighted by atomic mass is 32.2. The molecule has 0 fully saturated rings. The molecule has 0 aliphatic rings. The molecule has 0 radical (unpaired) electrons. The number of hydrogen-bond donors (Lipinski definition) is 2. The number of nitrogens with one attached hydrogen (secondary N) is 2. The van der Waals surface area contributed by atoms with E-state index in [4.69, 9.17) is 0 Å². The lowest BCUT2D eigenvalue weighted by Crippen LogP contribution is -2.11. The minimum Gasteiger partial charge on any atom is -0.384 e. The predicted octanol–water partition coefficient (Wildman–Crippen LogP) is 1.52. The Hall–Kier alpha value is -1.30. The standard InChI is InChI=1S/C10H17N3O2S/c1-8(2)6-11-9-4-5-10(12-7-9)13-16(3,14)15/h4-5,7-8,11H,6H2,1-3H3,(H,12,13). The molecular formula is C10H17N3O2S. The van der Waals surface area contributed by atoms with Crippen LogP contribution in [0, 0.1) is 5.92 Å². The van der Waals surface area contributed by atoms with Crippen LogP contribution in [0.3, 0.4) is 0 Å². The van der Waals surface area contributed by atoms with Crippen molar-refractivity contribution in [1.29, 1.82) is 0 Å². The van der Waals surface area contributed by atoms with Gasteiger partial charge >= 0.3 is 0 Å². The van der Waals surface area contributed by atoms with Crippen LogP contribution >= 0.6 is 0 Å². The van der Waals surface area contributed by atoms with Gasteiger partial charge < -0.3 is 5.32 Å². The Labute approximate surface area is 96.3 Å². The third-order valence-corrected chi connectivity index (χ3v) is 2.35. The fourth-order valence-electron chi connectivity index (χ4n) is 1.07. The molecule has 1 aromatic heterocycles. The summed E-state index contributed by atoms with van der Waals surface area (Å²) in [5.41, 5.74) is 0.882. The van der Waals surface area contributed by atoms with E-state index < -0.39 is 10.0 Å². The molecule has 1 aromatic rings. The SMILES string of the molecule is CC(C)CNc1ccc(NS(C)(=O)=O)nc1. The number of pyridine rings is 1. The molecule has 0 bridgehead atoms. The molecule has 0 aliphatic heterocycles. The minimum absolute atomic E-state index is 0.331. The molecule has 0 spiro atoms. The van der Waals surface area contributed by atoms with Crippen LogP contribution in [0.5, 0.6) is 0 Å². The van der Waals surface area contributed by atoms with Gasteiger partial charge in [0.25, 0.3) is 0 Å². The maximum absolute atomic E-state index is 10.9. The topological polar surface area (TPSA) is 71.1 Å². The first-order valence-corrected chi connectivity index (χ1v) is 6.93. The molecule has 16 heavy (non-hydrogen) atoms. The van der Waals surface area contributed by atoms with Crippen molar-refractivity contribution in [2.75, 3.05) is 22.8 Å². The fraction of sp³-hybridized carbons (Fsp3) is 0.500. The van der Waals surface area contributed by atoms with Crippen molar-refractivity contribution >= 4 is 21.5 Å². The zero-order chi connectivity index (χ0) is 12.2. The highest BCUT2D eigenvalue weighted by molar-refractivity contribution is 7.92. The highest BCUT2D eigenvalue weighted by Gasteiger charge is 2.02. The first-order valence-electron chi connectivity index (χ1n) is 5.04. The van der Waals surface area contributed by atoms with E-state index >= 15 is 0 Å². The lowest BCUT2D eigenvalue weighted by atomic mass is 10.2. The summed E-state index contributed by atoms with van der Waals surface area (Å²) in [5.74, 6) is 0.881. The van der Waals surface area contributed by atoms with E-state index in [0.29, 0.717) is 11.7 Å². The summed E-state index contributed by atoms with van der Waals surface area (Å²) in [6.07, 6.45) is 2.70. The summed E-state index contributed by atoms with van der Waals surface area (Å²) in [6.45, 7) is 5.08. The third-order valence-electron chi connectivity index (χ3n) is 1.77. The van der Waals surface area contributed by atoms with Gasteiger partial charge in [0, 0.05) is 6.54 Å². The molecule has 1 rings (SSSR count). The van der Waals surface area contributed by atoms with Crippen molar-refractivity contribution < 1.29 is 8.42 Å². The van der Waals surface area contributed by atoms with E-state index in [1.54, 1.807) is 18.3 Å². The number of sulfonamides is 1. The molecule has 0 saturated carbocycles. The molecule has 0 aromatic carbocycles. The normalized spacial score (nSPS) is 11.5. The maximum atomic E-state index is 10.9. The summed E-state index contributed by atoms with van der Waals surface area (Å²) < 4.78 is 24.2. The zero-order valence-electron chi connectivity index (χ0n) is 9.69. The van der Waals surface area contributed by atoms with Gasteiger partial charge in [-0.2, -0.15) is 0 Å². The van der Waals surface area contributed by atoms with Crippen LogP contribution in [0.15, 0.2) is 18.3 Å². The average Bonchev–Trinajstić information content (AvgIpc) is 2.14. The largest absolute Gasteiger partial charge is 0.384 e. The molecule has 0 atom stereocenters. The first kappa shape index (κ1) is 12.8. The van der Waals surface area contributed by atoms with Crippen molar-refractivity contribution in [1.82, 2.24) is 4.98 Å². The third kappa shape index (κ3) is 4.97. The molecule has 1 heterocycles. The number of rotatable bonds is 5. The summed E-state index contributed by atoms with van der Waals surface area (Å²) in [4.78, 5) is 3.99. The van der Waals surface area contributed by atoms with Gasteiger partial charge in [0.15, 0.2) is 0 Å². The second kappa shape index (κ2) is 5.16. The number of anilines is 2. The number of hydrogen-bond acceptors (Lipinski definition) is 4. The van der Waals surface area contributed by atoms with Crippen molar-refractivity contribution in [2.45, 2.75) is 13.8 Å². The molecule has 2 N–H and O–H groups in total. The van der Waals surface area contributed by atoms with Crippen LogP contribution in [0.25, 0.3) is 0 Å². The lowest BCUT2D eigenvalue weighted by molar-refractivity contribution is 0.606.